The summed E-state index contributed by atoms with van der Waals surface area (Å²) in [6.45, 7) is 0. The second-order valence-corrected chi connectivity index (χ2v) is 6.50. The number of benzene rings is 2. The zero-order valence-electron chi connectivity index (χ0n) is 13.9. The van der Waals surface area contributed by atoms with Crippen molar-refractivity contribution in [3.05, 3.63) is 98.3 Å². The molecule has 2 aromatic carbocycles. The molecule has 0 fully saturated rings. The van der Waals surface area contributed by atoms with Gasteiger partial charge in [-0.15, -0.1) is 0 Å². The Kier molecular flexibility index (Phi) is 5.29. The molecule has 6 nitrogen and oxygen atoms in total. The molecule has 3 aromatic rings. The second-order valence-electron chi connectivity index (χ2n) is 5.59. The van der Waals surface area contributed by atoms with E-state index in [0.717, 1.165) is 10.2 Å². The summed E-state index contributed by atoms with van der Waals surface area (Å²) in [5.74, 6) is -0.565. The summed E-state index contributed by atoms with van der Waals surface area (Å²) >= 11 is 3.38. The van der Waals surface area contributed by atoms with Gasteiger partial charge in [0.25, 0.3) is 5.69 Å². The second kappa shape index (κ2) is 7.81. The molecule has 3 rings (SSSR count). The van der Waals surface area contributed by atoms with E-state index in [-0.39, 0.29) is 16.8 Å². The van der Waals surface area contributed by atoms with Crippen LogP contribution in [0.4, 0.5) is 5.69 Å². The number of nitriles is 1. The summed E-state index contributed by atoms with van der Waals surface area (Å²) in [5, 5.41) is 20.3. The minimum Gasteiger partial charge on any atom is -0.317 e. The number of aromatic nitrogens is 1. The summed E-state index contributed by atoms with van der Waals surface area (Å²) in [6, 6.07) is 18.4. The van der Waals surface area contributed by atoms with Crippen LogP contribution in [0.3, 0.4) is 0 Å². The van der Waals surface area contributed by atoms with Crippen LogP contribution in [0.15, 0.2) is 76.9 Å². The molecule has 0 aliphatic rings. The fraction of sp³-hybridized carbons (Fsp3) is 0. The van der Waals surface area contributed by atoms with Crippen LogP contribution >= 0.6 is 15.9 Å². The number of allylic oxidation sites excluding steroid dienone is 1. The average molecular weight is 422 g/mol. The highest BCUT2D eigenvalue weighted by molar-refractivity contribution is 9.10. The topological polar surface area (TPSA) is 88.9 Å². The van der Waals surface area contributed by atoms with Gasteiger partial charge in [-0.1, -0.05) is 28.1 Å². The van der Waals surface area contributed by atoms with Crippen LogP contribution in [0.1, 0.15) is 16.1 Å². The van der Waals surface area contributed by atoms with E-state index in [1.54, 1.807) is 12.1 Å². The average Bonchev–Trinajstić information content (AvgIpc) is 3.14. The first kappa shape index (κ1) is 18.3. The summed E-state index contributed by atoms with van der Waals surface area (Å²) in [6.07, 6.45) is 3.30. The van der Waals surface area contributed by atoms with Crippen molar-refractivity contribution in [2.75, 3.05) is 0 Å². The van der Waals surface area contributed by atoms with Crippen molar-refractivity contribution in [2.45, 2.75) is 0 Å². The van der Waals surface area contributed by atoms with Gasteiger partial charge in [-0.2, -0.15) is 5.26 Å². The molecule has 1 heterocycles. The molecule has 1 aromatic heterocycles. The summed E-state index contributed by atoms with van der Waals surface area (Å²) in [5.41, 5.74) is 1.31. The van der Waals surface area contributed by atoms with Crippen molar-refractivity contribution in [2.24, 2.45) is 0 Å². The van der Waals surface area contributed by atoms with Gasteiger partial charge in [0.1, 0.15) is 11.6 Å². The highest BCUT2D eigenvalue weighted by atomic mass is 79.9. The van der Waals surface area contributed by atoms with Gasteiger partial charge in [0.15, 0.2) is 0 Å². The van der Waals surface area contributed by atoms with Gasteiger partial charge in [0.2, 0.25) is 5.78 Å². The highest BCUT2D eigenvalue weighted by Gasteiger charge is 2.16. The van der Waals surface area contributed by atoms with E-state index in [4.69, 9.17) is 0 Å². The standard InChI is InChI=1S/C20H12BrN3O3/c21-16-6-8-17(9-7-16)23-10-2-5-18(23)12-15(13-22)20(25)14-3-1-4-19(11-14)24(26)27/h1-12H/b15-12+. The van der Waals surface area contributed by atoms with Gasteiger partial charge in [0.05, 0.1) is 4.92 Å². The van der Waals surface area contributed by atoms with Crippen molar-refractivity contribution in [3.63, 3.8) is 0 Å². The maximum Gasteiger partial charge on any atom is 0.270 e. The molecule has 132 valence electrons. The molecule has 0 bridgehead atoms. The first-order valence-corrected chi connectivity index (χ1v) is 8.63. The Morgan fingerprint density at radius 2 is 1.89 bits per heavy atom. The fourth-order valence-corrected chi connectivity index (χ4v) is 2.83. The summed E-state index contributed by atoms with van der Waals surface area (Å²) < 4.78 is 2.78. The number of non-ortho nitro benzene ring substituents is 1. The summed E-state index contributed by atoms with van der Waals surface area (Å²) in [4.78, 5) is 23.0. The molecule has 0 atom stereocenters. The van der Waals surface area contributed by atoms with Crippen LogP contribution in [-0.2, 0) is 0 Å². The minimum atomic E-state index is -0.578. The number of ketones is 1. The lowest BCUT2D eigenvalue weighted by Gasteiger charge is -2.07. The molecule has 0 N–H and O–H groups in total. The third kappa shape index (κ3) is 4.02. The van der Waals surface area contributed by atoms with Gasteiger partial charge in [-0.05, 0) is 42.5 Å². The number of nitrogens with zero attached hydrogens (tertiary/aromatic N) is 3. The SMILES string of the molecule is N#C/C(=C\c1cccn1-c1ccc(Br)cc1)C(=O)c1cccc([N+](=O)[O-])c1. The van der Waals surface area contributed by atoms with Gasteiger partial charge in [-0.25, -0.2) is 0 Å². The zero-order chi connectivity index (χ0) is 19.4. The van der Waals surface area contributed by atoms with E-state index in [0.29, 0.717) is 5.69 Å². The normalized spacial score (nSPS) is 11.0. The quantitative estimate of drug-likeness (QED) is 0.192. The largest absolute Gasteiger partial charge is 0.317 e. The van der Waals surface area contributed by atoms with E-state index in [1.165, 1.54) is 30.3 Å². The van der Waals surface area contributed by atoms with E-state index in [1.807, 2.05) is 41.1 Å². The number of carbonyl (C=O) groups excluding carboxylic acids is 1. The lowest BCUT2D eigenvalue weighted by molar-refractivity contribution is -0.384. The highest BCUT2D eigenvalue weighted by Crippen LogP contribution is 2.21. The number of nitro groups is 1. The van der Waals surface area contributed by atoms with Gasteiger partial charge in [0, 0.05) is 39.7 Å². The molecular formula is C20H12BrN3O3. The van der Waals surface area contributed by atoms with Crippen molar-refractivity contribution >= 4 is 33.5 Å². The lowest BCUT2D eigenvalue weighted by Crippen LogP contribution is -2.04. The number of Topliss-reactive ketones (excluding diaryl/α,β-unsaturated/α-hetero) is 1. The van der Waals surface area contributed by atoms with Crippen molar-refractivity contribution in [1.29, 1.82) is 5.26 Å². The van der Waals surface area contributed by atoms with Crippen LogP contribution in [0, 0.1) is 21.4 Å². The smallest absolute Gasteiger partial charge is 0.270 e. The molecule has 0 saturated heterocycles. The Balaban J connectivity index is 1.99. The first-order chi connectivity index (χ1) is 13.0. The van der Waals surface area contributed by atoms with E-state index in [2.05, 4.69) is 15.9 Å². The maximum atomic E-state index is 12.6. The molecule has 0 radical (unpaired) electrons. The zero-order valence-corrected chi connectivity index (χ0v) is 15.5. The number of carbonyl (C=O) groups is 1. The molecule has 0 aliphatic heterocycles. The van der Waals surface area contributed by atoms with Crippen LogP contribution in [-0.4, -0.2) is 15.3 Å². The third-order valence-electron chi connectivity index (χ3n) is 3.86. The first-order valence-electron chi connectivity index (χ1n) is 7.84. The lowest BCUT2D eigenvalue weighted by atomic mass is 10.0. The molecule has 27 heavy (non-hydrogen) atoms. The van der Waals surface area contributed by atoms with Crippen molar-refractivity contribution in [3.8, 4) is 11.8 Å². The maximum absolute atomic E-state index is 12.6. The monoisotopic (exact) mass is 421 g/mol. The Morgan fingerprint density at radius 1 is 1.15 bits per heavy atom. The van der Waals surface area contributed by atoms with Crippen LogP contribution in [0.25, 0.3) is 11.8 Å². The number of nitro benzene ring substituents is 1. The Hall–Kier alpha value is -3.50. The van der Waals surface area contributed by atoms with Crippen LogP contribution in [0.2, 0.25) is 0 Å². The van der Waals surface area contributed by atoms with E-state index in [9.17, 15) is 20.2 Å². The van der Waals surface area contributed by atoms with Crippen LogP contribution in [0.5, 0.6) is 0 Å². The minimum absolute atomic E-state index is 0.0961. The number of hydrogen-bond donors (Lipinski definition) is 0. The Morgan fingerprint density at radius 3 is 2.56 bits per heavy atom. The molecule has 0 aliphatic carbocycles. The molecule has 0 unspecified atom stereocenters. The van der Waals surface area contributed by atoms with E-state index < -0.39 is 10.7 Å². The van der Waals surface area contributed by atoms with Crippen molar-refractivity contribution < 1.29 is 9.72 Å². The molecule has 0 amide bonds. The third-order valence-corrected chi connectivity index (χ3v) is 4.39. The van der Waals surface area contributed by atoms with E-state index >= 15 is 0 Å². The Bertz CT molecular complexity index is 1090. The Labute approximate surface area is 163 Å². The van der Waals surface area contributed by atoms with Gasteiger partial charge < -0.3 is 4.57 Å². The van der Waals surface area contributed by atoms with Gasteiger partial charge in [-0.3, -0.25) is 14.9 Å². The van der Waals surface area contributed by atoms with Crippen molar-refractivity contribution in [1.82, 2.24) is 4.57 Å². The number of hydrogen-bond acceptors (Lipinski definition) is 4. The van der Waals surface area contributed by atoms with Crippen LogP contribution < -0.4 is 0 Å². The predicted molar refractivity (Wildman–Crippen MR) is 104 cm³/mol. The molecule has 0 spiro atoms. The summed E-state index contributed by atoms with van der Waals surface area (Å²) in [7, 11) is 0. The number of rotatable bonds is 5. The molecule has 7 heteroatoms. The fourth-order valence-electron chi connectivity index (χ4n) is 2.56. The molecular weight excluding hydrogens is 410 g/mol. The molecule has 0 saturated carbocycles. The predicted octanol–water partition coefficient (Wildman–Crippen LogP) is 4.94. The van der Waals surface area contributed by atoms with Gasteiger partial charge >= 0.3 is 0 Å². The number of halogens is 1.